The highest BCUT2D eigenvalue weighted by molar-refractivity contribution is 7.98. The van der Waals surface area contributed by atoms with E-state index in [9.17, 15) is 0 Å². The summed E-state index contributed by atoms with van der Waals surface area (Å²) >= 11 is 1.89. The van der Waals surface area contributed by atoms with Gasteiger partial charge in [0, 0.05) is 11.8 Å². The Labute approximate surface area is 92.4 Å². The van der Waals surface area contributed by atoms with Gasteiger partial charge in [0.25, 0.3) is 0 Å². The molecule has 84 valence electrons. The molecule has 1 fully saturated rings. The normalized spacial score (nSPS) is 35.6. The second-order valence-electron chi connectivity index (χ2n) is 4.91. The van der Waals surface area contributed by atoms with E-state index in [0.29, 0.717) is 6.04 Å². The van der Waals surface area contributed by atoms with Gasteiger partial charge in [0.1, 0.15) is 0 Å². The van der Waals surface area contributed by atoms with Gasteiger partial charge in [-0.3, -0.25) is 11.3 Å². The predicted molar refractivity (Wildman–Crippen MR) is 65.2 cm³/mol. The molecule has 0 aromatic rings. The zero-order chi connectivity index (χ0) is 10.6. The average Bonchev–Trinajstić information content (AvgIpc) is 2.12. The average molecular weight is 216 g/mol. The van der Waals surface area contributed by atoms with Crippen LogP contribution in [-0.2, 0) is 0 Å². The Hall–Kier alpha value is 0.270. The molecule has 0 spiro atoms. The van der Waals surface area contributed by atoms with Gasteiger partial charge in [-0.25, -0.2) is 0 Å². The third-order valence-corrected chi connectivity index (χ3v) is 4.04. The topological polar surface area (TPSA) is 38.0 Å². The van der Waals surface area contributed by atoms with Gasteiger partial charge in [-0.2, -0.15) is 11.8 Å². The highest BCUT2D eigenvalue weighted by Crippen LogP contribution is 2.35. The molecule has 1 rings (SSSR count). The van der Waals surface area contributed by atoms with E-state index in [-0.39, 0.29) is 0 Å². The maximum absolute atomic E-state index is 5.62. The largest absolute Gasteiger partial charge is 0.271 e. The second kappa shape index (κ2) is 5.99. The molecule has 3 N–H and O–H groups in total. The molecule has 0 aliphatic heterocycles. The predicted octanol–water partition coefficient (Wildman–Crippen LogP) is 2.25. The third-order valence-electron chi connectivity index (χ3n) is 3.34. The van der Waals surface area contributed by atoms with Crippen molar-refractivity contribution in [3.63, 3.8) is 0 Å². The molecule has 2 nitrogen and oxygen atoms in total. The van der Waals surface area contributed by atoms with Crippen molar-refractivity contribution >= 4 is 11.8 Å². The first-order chi connectivity index (χ1) is 6.67. The van der Waals surface area contributed by atoms with E-state index in [0.717, 1.165) is 23.5 Å². The molecule has 0 heterocycles. The molecule has 3 heteroatoms. The Morgan fingerprint density at radius 2 is 1.86 bits per heavy atom. The Bertz CT molecular complexity index is 153. The molecule has 0 aromatic carbocycles. The number of nitrogens with two attached hydrogens (primary N) is 1. The lowest BCUT2D eigenvalue weighted by Gasteiger charge is -2.36. The lowest BCUT2D eigenvalue weighted by atomic mass is 9.74. The Kier molecular flexibility index (Phi) is 5.28. The number of hydrogen-bond donors (Lipinski definition) is 2. The molecule has 3 atom stereocenters. The number of nitrogens with one attached hydrogen (secondary N) is 1. The Morgan fingerprint density at radius 1 is 1.29 bits per heavy atom. The first kappa shape index (κ1) is 12.3. The fourth-order valence-electron chi connectivity index (χ4n) is 2.84. The molecule has 1 aliphatic carbocycles. The van der Waals surface area contributed by atoms with Gasteiger partial charge in [-0.15, -0.1) is 0 Å². The third kappa shape index (κ3) is 3.44. The van der Waals surface area contributed by atoms with E-state index in [4.69, 9.17) is 5.84 Å². The minimum absolute atomic E-state index is 0.509. The highest BCUT2D eigenvalue weighted by Gasteiger charge is 2.28. The van der Waals surface area contributed by atoms with Gasteiger partial charge in [0.05, 0.1) is 0 Å². The van der Waals surface area contributed by atoms with Crippen LogP contribution in [0.3, 0.4) is 0 Å². The van der Waals surface area contributed by atoms with Crippen LogP contribution in [0, 0.1) is 17.8 Å². The highest BCUT2D eigenvalue weighted by atomic mass is 32.2. The van der Waals surface area contributed by atoms with Crippen molar-refractivity contribution < 1.29 is 0 Å². The SMILES string of the molecule is CSCC(NN)C1CC(C)CC(C)C1. The minimum Gasteiger partial charge on any atom is -0.271 e. The molecule has 1 aliphatic rings. The molecule has 0 saturated heterocycles. The summed E-state index contributed by atoms with van der Waals surface area (Å²) in [5.41, 5.74) is 2.99. The van der Waals surface area contributed by atoms with Crippen molar-refractivity contribution in [1.29, 1.82) is 0 Å². The first-order valence-electron chi connectivity index (χ1n) is 5.62. The lowest BCUT2D eigenvalue weighted by Crippen LogP contribution is -2.45. The van der Waals surface area contributed by atoms with E-state index in [1.165, 1.54) is 19.3 Å². The van der Waals surface area contributed by atoms with Crippen LogP contribution in [0.15, 0.2) is 0 Å². The lowest BCUT2D eigenvalue weighted by molar-refractivity contribution is 0.185. The molecule has 3 unspecified atom stereocenters. The maximum atomic E-state index is 5.62. The molecule has 0 amide bonds. The monoisotopic (exact) mass is 216 g/mol. The van der Waals surface area contributed by atoms with E-state index < -0.39 is 0 Å². The summed E-state index contributed by atoms with van der Waals surface area (Å²) in [6.45, 7) is 4.74. The second-order valence-corrected chi connectivity index (χ2v) is 5.82. The molecule has 14 heavy (non-hydrogen) atoms. The van der Waals surface area contributed by atoms with Gasteiger partial charge in [-0.1, -0.05) is 13.8 Å². The van der Waals surface area contributed by atoms with Gasteiger partial charge in [0.15, 0.2) is 0 Å². The van der Waals surface area contributed by atoms with E-state index in [2.05, 4.69) is 25.5 Å². The Balaban J connectivity index is 2.47. The molecule has 0 radical (unpaired) electrons. The number of rotatable bonds is 4. The summed E-state index contributed by atoms with van der Waals surface area (Å²) in [5, 5.41) is 0. The van der Waals surface area contributed by atoms with Crippen LogP contribution in [0.1, 0.15) is 33.1 Å². The van der Waals surface area contributed by atoms with E-state index in [1.54, 1.807) is 0 Å². The van der Waals surface area contributed by atoms with Crippen LogP contribution >= 0.6 is 11.8 Å². The van der Waals surface area contributed by atoms with Crippen molar-refractivity contribution in [3.8, 4) is 0 Å². The van der Waals surface area contributed by atoms with Gasteiger partial charge in [0.2, 0.25) is 0 Å². The zero-order valence-electron chi connectivity index (χ0n) is 9.62. The van der Waals surface area contributed by atoms with Crippen LogP contribution in [-0.4, -0.2) is 18.1 Å². The number of hydrogen-bond acceptors (Lipinski definition) is 3. The van der Waals surface area contributed by atoms with Crippen molar-refractivity contribution in [2.24, 2.45) is 23.6 Å². The Morgan fingerprint density at radius 3 is 2.29 bits per heavy atom. The standard InChI is InChI=1S/C11H24N2S/c1-8-4-9(2)6-10(5-8)11(13-12)7-14-3/h8-11,13H,4-7,12H2,1-3H3. The summed E-state index contributed by atoms with van der Waals surface area (Å²) in [7, 11) is 0. The molecular formula is C11H24N2S. The van der Waals surface area contributed by atoms with Gasteiger partial charge >= 0.3 is 0 Å². The number of hydrazine groups is 1. The van der Waals surface area contributed by atoms with Crippen LogP contribution in [0.2, 0.25) is 0 Å². The summed E-state index contributed by atoms with van der Waals surface area (Å²) in [6, 6.07) is 0.509. The van der Waals surface area contributed by atoms with Crippen molar-refractivity contribution in [1.82, 2.24) is 5.43 Å². The smallest absolute Gasteiger partial charge is 0.0329 e. The van der Waals surface area contributed by atoms with Gasteiger partial charge in [-0.05, 0) is 43.3 Å². The van der Waals surface area contributed by atoms with Gasteiger partial charge < -0.3 is 0 Å². The van der Waals surface area contributed by atoms with Crippen LogP contribution in [0.5, 0.6) is 0 Å². The minimum atomic E-state index is 0.509. The van der Waals surface area contributed by atoms with Crippen molar-refractivity contribution in [2.75, 3.05) is 12.0 Å². The molecule has 0 aromatic heterocycles. The number of thioether (sulfide) groups is 1. The first-order valence-corrected chi connectivity index (χ1v) is 7.01. The summed E-state index contributed by atoms with van der Waals surface area (Å²) in [6.07, 6.45) is 6.24. The van der Waals surface area contributed by atoms with Crippen LogP contribution in [0.25, 0.3) is 0 Å². The summed E-state index contributed by atoms with van der Waals surface area (Å²) < 4.78 is 0. The maximum Gasteiger partial charge on any atom is 0.0329 e. The fourth-order valence-corrected chi connectivity index (χ4v) is 3.57. The summed E-state index contributed by atoms with van der Waals surface area (Å²) in [4.78, 5) is 0. The van der Waals surface area contributed by atoms with Crippen LogP contribution in [0.4, 0.5) is 0 Å². The molecule has 1 saturated carbocycles. The zero-order valence-corrected chi connectivity index (χ0v) is 10.4. The summed E-state index contributed by atoms with van der Waals surface area (Å²) in [5.74, 6) is 9.29. The van der Waals surface area contributed by atoms with Crippen molar-refractivity contribution in [3.05, 3.63) is 0 Å². The quantitative estimate of drug-likeness (QED) is 0.559. The van der Waals surface area contributed by atoms with E-state index >= 15 is 0 Å². The van der Waals surface area contributed by atoms with E-state index in [1.807, 2.05) is 11.8 Å². The fraction of sp³-hybridized carbons (Fsp3) is 1.00. The van der Waals surface area contributed by atoms with Crippen LogP contribution < -0.4 is 11.3 Å². The molecule has 0 bridgehead atoms. The molecular weight excluding hydrogens is 192 g/mol. The van der Waals surface area contributed by atoms with Crippen molar-refractivity contribution in [2.45, 2.75) is 39.2 Å².